The fourth-order valence-corrected chi connectivity index (χ4v) is 2.13. The monoisotopic (exact) mass is 279 g/mol. The summed E-state index contributed by atoms with van der Waals surface area (Å²) in [6.07, 6.45) is 0. The summed E-state index contributed by atoms with van der Waals surface area (Å²) in [6, 6.07) is 7.36. The van der Waals surface area contributed by atoms with Crippen LogP contribution in [0, 0.1) is 0 Å². The number of rotatable bonds is 7. The first kappa shape index (κ1) is 16.5. The van der Waals surface area contributed by atoms with Crippen LogP contribution in [0.25, 0.3) is 0 Å². The maximum Gasteiger partial charge on any atom is 0.253 e. The maximum atomic E-state index is 12.2. The molecule has 1 aromatic carbocycles. The van der Waals surface area contributed by atoms with Crippen molar-refractivity contribution in [2.75, 3.05) is 39.0 Å². The van der Waals surface area contributed by atoms with Crippen molar-refractivity contribution in [1.82, 2.24) is 10.2 Å². The van der Waals surface area contributed by atoms with Gasteiger partial charge >= 0.3 is 0 Å². The van der Waals surface area contributed by atoms with Crippen LogP contribution in [0.2, 0.25) is 0 Å². The van der Waals surface area contributed by atoms with Crippen LogP contribution in [0.15, 0.2) is 24.3 Å². The summed E-state index contributed by atoms with van der Waals surface area (Å²) < 4.78 is 0. The van der Waals surface area contributed by atoms with Crippen LogP contribution in [0.5, 0.6) is 0 Å². The molecular weight excluding hydrogens is 254 g/mol. The van der Waals surface area contributed by atoms with Crippen LogP contribution in [-0.2, 0) is 0 Å². The van der Waals surface area contributed by atoms with Gasteiger partial charge in [0.2, 0.25) is 0 Å². The number of carbonyl (C=O) groups excluding carboxylic acids is 1. The number of benzene rings is 1. The summed E-state index contributed by atoms with van der Waals surface area (Å²) in [5, 5.41) is 16.1. The second kappa shape index (κ2) is 7.26. The Hall–Kier alpha value is -1.59. The molecule has 5 heteroatoms. The average Bonchev–Trinajstić information content (AvgIpc) is 2.36. The highest BCUT2D eigenvalue weighted by Crippen LogP contribution is 2.14. The van der Waals surface area contributed by atoms with Gasteiger partial charge in [-0.15, -0.1) is 0 Å². The molecule has 0 radical (unpaired) electrons. The number of carbonyl (C=O) groups is 1. The van der Waals surface area contributed by atoms with E-state index in [9.17, 15) is 9.90 Å². The van der Waals surface area contributed by atoms with Gasteiger partial charge in [-0.3, -0.25) is 4.79 Å². The minimum atomic E-state index is -0.952. The van der Waals surface area contributed by atoms with E-state index in [2.05, 4.69) is 10.6 Å². The molecule has 0 aliphatic carbocycles. The van der Waals surface area contributed by atoms with Gasteiger partial charge in [0.05, 0.1) is 11.2 Å². The minimum Gasteiger partial charge on any atom is -0.387 e. The highest BCUT2D eigenvalue weighted by atomic mass is 16.3. The van der Waals surface area contributed by atoms with E-state index in [1.165, 1.54) is 0 Å². The van der Waals surface area contributed by atoms with Crippen LogP contribution in [0.4, 0.5) is 5.69 Å². The summed E-state index contributed by atoms with van der Waals surface area (Å²) in [5.74, 6) is -0.180. The highest BCUT2D eigenvalue weighted by Gasteiger charge is 2.22. The Morgan fingerprint density at radius 2 is 2.00 bits per heavy atom. The number of para-hydroxylation sites is 1. The van der Waals surface area contributed by atoms with Crippen molar-refractivity contribution in [3.63, 3.8) is 0 Å². The van der Waals surface area contributed by atoms with E-state index in [0.29, 0.717) is 12.1 Å². The summed E-state index contributed by atoms with van der Waals surface area (Å²) >= 11 is 0. The van der Waals surface area contributed by atoms with Crippen LogP contribution in [0.3, 0.4) is 0 Å². The van der Waals surface area contributed by atoms with Gasteiger partial charge in [-0.05, 0) is 40.1 Å². The van der Waals surface area contributed by atoms with Gasteiger partial charge in [-0.25, -0.2) is 0 Å². The van der Waals surface area contributed by atoms with Crippen molar-refractivity contribution >= 4 is 11.6 Å². The van der Waals surface area contributed by atoms with Crippen molar-refractivity contribution in [3.8, 4) is 0 Å². The fraction of sp³-hybridized carbons (Fsp3) is 0.533. The smallest absolute Gasteiger partial charge is 0.253 e. The summed E-state index contributed by atoms with van der Waals surface area (Å²) in [7, 11) is 3.77. The van der Waals surface area contributed by atoms with Crippen LogP contribution >= 0.6 is 0 Å². The second-order valence-corrected chi connectivity index (χ2v) is 5.49. The zero-order chi connectivity index (χ0) is 15.2. The zero-order valence-electron chi connectivity index (χ0n) is 12.7. The van der Waals surface area contributed by atoms with E-state index < -0.39 is 5.60 Å². The number of amides is 1. The first-order valence-corrected chi connectivity index (χ1v) is 6.84. The summed E-state index contributed by atoms with van der Waals surface area (Å²) in [5.41, 5.74) is 0.446. The van der Waals surface area contributed by atoms with Gasteiger partial charge in [0.1, 0.15) is 0 Å². The molecule has 0 aliphatic heterocycles. The van der Waals surface area contributed by atoms with E-state index in [0.717, 1.165) is 12.2 Å². The second-order valence-electron chi connectivity index (χ2n) is 5.49. The normalized spacial score (nSPS) is 13.9. The lowest BCUT2D eigenvalue weighted by Gasteiger charge is -2.27. The van der Waals surface area contributed by atoms with Crippen LogP contribution in [-0.4, -0.2) is 55.2 Å². The van der Waals surface area contributed by atoms with Gasteiger partial charge in [0.15, 0.2) is 0 Å². The van der Waals surface area contributed by atoms with Crippen molar-refractivity contribution in [2.24, 2.45) is 0 Å². The lowest BCUT2D eigenvalue weighted by Crippen LogP contribution is -2.47. The lowest BCUT2D eigenvalue weighted by atomic mass is 10.1. The Balaban J connectivity index is 2.68. The Morgan fingerprint density at radius 1 is 1.35 bits per heavy atom. The molecule has 0 fully saturated rings. The van der Waals surface area contributed by atoms with Crippen molar-refractivity contribution in [2.45, 2.75) is 19.4 Å². The molecule has 0 heterocycles. The molecule has 20 heavy (non-hydrogen) atoms. The van der Waals surface area contributed by atoms with Crippen molar-refractivity contribution in [3.05, 3.63) is 29.8 Å². The van der Waals surface area contributed by atoms with Crippen LogP contribution < -0.4 is 10.6 Å². The first-order chi connectivity index (χ1) is 9.35. The number of nitrogens with zero attached hydrogens (tertiary/aromatic N) is 1. The molecule has 1 aromatic rings. The Bertz CT molecular complexity index is 444. The molecule has 1 atom stereocenters. The standard InChI is InChI=1S/C15H25N3O2/c1-5-16-13-9-7-6-8-12(13)14(19)17-10-15(2,20)11-18(3)4/h6-9,16,20H,5,10-11H2,1-4H3,(H,17,19). The molecule has 1 amide bonds. The Morgan fingerprint density at radius 3 is 2.60 bits per heavy atom. The minimum absolute atomic E-state index is 0.180. The molecule has 1 rings (SSSR count). The molecule has 0 saturated heterocycles. The van der Waals surface area contributed by atoms with Crippen molar-refractivity contribution in [1.29, 1.82) is 0 Å². The molecule has 1 unspecified atom stereocenters. The molecule has 0 aliphatic rings. The van der Waals surface area contributed by atoms with Crippen molar-refractivity contribution < 1.29 is 9.90 Å². The average molecular weight is 279 g/mol. The van der Waals surface area contributed by atoms with Gasteiger partial charge in [-0.2, -0.15) is 0 Å². The molecule has 112 valence electrons. The largest absolute Gasteiger partial charge is 0.387 e. The van der Waals surface area contributed by atoms with Gasteiger partial charge in [0.25, 0.3) is 5.91 Å². The summed E-state index contributed by atoms with van der Waals surface area (Å²) in [4.78, 5) is 14.1. The first-order valence-electron chi connectivity index (χ1n) is 6.84. The number of hydrogen-bond acceptors (Lipinski definition) is 4. The third-order valence-electron chi connectivity index (χ3n) is 2.83. The van der Waals surface area contributed by atoms with E-state index in [1.807, 2.05) is 44.1 Å². The third kappa shape index (κ3) is 5.19. The molecule has 5 nitrogen and oxygen atoms in total. The Kier molecular flexibility index (Phi) is 5.98. The van der Waals surface area contributed by atoms with E-state index in [-0.39, 0.29) is 12.5 Å². The molecule has 0 bridgehead atoms. The topological polar surface area (TPSA) is 64.6 Å². The predicted octanol–water partition coefficient (Wildman–Crippen LogP) is 1.16. The molecule has 3 N–H and O–H groups in total. The number of aliphatic hydroxyl groups is 1. The van der Waals surface area contributed by atoms with E-state index in [1.54, 1.807) is 13.0 Å². The van der Waals surface area contributed by atoms with Gasteiger partial charge in [-0.1, -0.05) is 12.1 Å². The SMILES string of the molecule is CCNc1ccccc1C(=O)NCC(C)(O)CN(C)C. The number of likely N-dealkylation sites (N-methyl/N-ethyl adjacent to an activating group) is 1. The predicted molar refractivity (Wildman–Crippen MR) is 82.1 cm³/mol. The third-order valence-corrected chi connectivity index (χ3v) is 2.83. The van der Waals surface area contributed by atoms with Crippen LogP contribution in [0.1, 0.15) is 24.2 Å². The highest BCUT2D eigenvalue weighted by molar-refractivity contribution is 5.99. The molecule has 0 aromatic heterocycles. The fourth-order valence-electron chi connectivity index (χ4n) is 2.13. The molecular formula is C15H25N3O2. The maximum absolute atomic E-state index is 12.2. The molecule has 0 saturated carbocycles. The Labute approximate surface area is 121 Å². The quantitative estimate of drug-likeness (QED) is 0.701. The number of anilines is 1. The van der Waals surface area contributed by atoms with E-state index >= 15 is 0 Å². The van der Waals surface area contributed by atoms with Gasteiger partial charge < -0.3 is 20.6 Å². The molecule has 0 spiro atoms. The zero-order valence-corrected chi connectivity index (χ0v) is 12.7. The lowest BCUT2D eigenvalue weighted by molar-refractivity contribution is 0.0326. The number of hydrogen-bond donors (Lipinski definition) is 3. The number of nitrogens with one attached hydrogen (secondary N) is 2. The summed E-state index contributed by atoms with van der Waals surface area (Å²) in [6.45, 7) is 5.15. The van der Waals surface area contributed by atoms with E-state index in [4.69, 9.17) is 0 Å². The van der Waals surface area contributed by atoms with Gasteiger partial charge in [0, 0.05) is 25.3 Å².